The molecule has 2 rings (SSSR count). The minimum Gasteiger partial charge on any atom is -0.462 e. The number of carbonyl (C=O) groups excluding carboxylic acids is 2. The van der Waals surface area contributed by atoms with E-state index in [2.05, 4.69) is 5.09 Å². The van der Waals surface area contributed by atoms with Gasteiger partial charge in [-0.1, -0.05) is 32.5 Å². The first-order valence-corrected chi connectivity index (χ1v) is 14.9. The SMILES string of the molecule is CC(C)OC(=O)[C@H](C)NP(=O)(OCCSC(=O)C(C)(C)C)OC[C@H]1O[C@@H](n2ccc(=O)[nH]c2=O)[C@H](O)[C@@H]1CF. The van der Waals surface area contributed by atoms with E-state index in [1.165, 1.54) is 6.92 Å². The molecule has 0 radical (unpaired) electrons. The predicted octanol–water partition coefficient (Wildman–Crippen LogP) is 1.76. The number of aliphatic hydroxyl groups is 1. The molecule has 3 N–H and O–H groups in total. The van der Waals surface area contributed by atoms with Crippen LogP contribution in [0.1, 0.15) is 47.8 Å². The molecule has 0 aliphatic carbocycles. The molecule has 0 spiro atoms. The summed E-state index contributed by atoms with van der Waals surface area (Å²) < 4.78 is 50.1. The third-order valence-electron chi connectivity index (χ3n) is 5.48. The van der Waals surface area contributed by atoms with Gasteiger partial charge in [0.1, 0.15) is 12.1 Å². The Morgan fingerprint density at radius 2 is 1.95 bits per heavy atom. The summed E-state index contributed by atoms with van der Waals surface area (Å²) in [5.41, 5.74) is -2.13. The molecule has 0 bridgehead atoms. The number of thioether (sulfide) groups is 1. The van der Waals surface area contributed by atoms with Crippen molar-refractivity contribution in [2.75, 3.05) is 25.6 Å². The van der Waals surface area contributed by atoms with Crippen LogP contribution < -0.4 is 16.3 Å². The van der Waals surface area contributed by atoms with Crippen LogP contribution in [-0.2, 0) is 32.7 Å². The number of esters is 1. The molecule has 2 heterocycles. The number of nitrogens with one attached hydrogen (secondary N) is 2. The van der Waals surface area contributed by atoms with Gasteiger partial charge in [-0.25, -0.2) is 14.4 Å². The Morgan fingerprint density at radius 3 is 2.51 bits per heavy atom. The summed E-state index contributed by atoms with van der Waals surface area (Å²) >= 11 is 0.981. The average molecular weight is 598 g/mol. The smallest absolute Gasteiger partial charge is 0.406 e. The first kappa shape index (κ1) is 33.3. The predicted molar refractivity (Wildman–Crippen MR) is 141 cm³/mol. The maximum absolute atomic E-state index is 13.9. The number of aromatic amines is 1. The van der Waals surface area contributed by atoms with Crippen molar-refractivity contribution >= 4 is 30.6 Å². The Balaban J connectivity index is 2.15. The van der Waals surface area contributed by atoms with Gasteiger partial charge in [-0.2, -0.15) is 0 Å². The molecule has 1 aromatic heterocycles. The van der Waals surface area contributed by atoms with Gasteiger partial charge in [0.05, 0.1) is 32.1 Å². The number of hydrogen-bond acceptors (Lipinski definition) is 11. The lowest BCUT2D eigenvalue weighted by Gasteiger charge is -2.25. The summed E-state index contributed by atoms with van der Waals surface area (Å²) in [6.07, 6.45) is -3.36. The van der Waals surface area contributed by atoms with Gasteiger partial charge >= 0.3 is 19.4 Å². The second-order valence-electron chi connectivity index (χ2n) is 10.2. The molecule has 0 aromatic carbocycles. The highest BCUT2D eigenvalue weighted by Gasteiger charge is 2.46. The Labute approximate surface area is 229 Å². The van der Waals surface area contributed by atoms with Crippen molar-refractivity contribution in [2.45, 2.75) is 72.1 Å². The maximum atomic E-state index is 13.9. The van der Waals surface area contributed by atoms with E-state index in [0.717, 1.165) is 28.6 Å². The zero-order valence-corrected chi connectivity index (χ0v) is 24.5. The minimum absolute atomic E-state index is 0.105. The Bertz CT molecular complexity index is 1150. The zero-order chi connectivity index (χ0) is 29.5. The van der Waals surface area contributed by atoms with Gasteiger partial charge in [-0.05, 0) is 20.8 Å². The molecular formula is C23H37FN3O10PS. The second kappa shape index (κ2) is 14.2. The van der Waals surface area contributed by atoms with E-state index >= 15 is 0 Å². The molecule has 1 aliphatic heterocycles. The average Bonchev–Trinajstić information content (AvgIpc) is 3.14. The van der Waals surface area contributed by atoms with E-state index in [4.69, 9.17) is 18.5 Å². The number of alkyl halides is 1. The molecular weight excluding hydrogens is 560 g/mol. The van der Waals surface area contributed by atoms with Crippen LogP contribution in [0.4, 0.5) is 4.39 Å². The first-order valence-electron chi connectivity index (χ1n) is 12.3. The summed E-state index contributed by atoms with van der Waals surface area (Å²) in [6.45, 7) is 8.13. The maximum Gasteiger partial charge on any atom is 0.406 e. The van der Waals surface area contributed by atoms with Crippen molar-refractivity contribution in [3.63, 3.8) is 0 Å². The molecule has 0 saturated carbocycles. The molecule has 1 aliphatic rings. The number of H-pyrrole nitrogens is 1. The molecule has 6 atom stereocenters. The van der Waals surface area contributed by atoms with Crippen LogP contribution in [0.3, 0.4) is 0 Å². The standard InChI is InChI=1S/C23H37FN3O10PS/c1-13(2)36-20(30)14(3)26-38(33,34-9-10-39-21(31)23(4,5)6)35-12-16-15(11-24)18(29)19(37-16)27-8-7-17(28)25-22(27)32/h7-8,13-16,18-19,29H,9-12H2,1-6H3,(H,26,33)(H,25,28,32)/t14-,15+,16+,18+,19+,38?/m0/s1. The van der Waals surface area contributed by atoms with Crippen molar-refractivity contribution in [2.24, 2.45) is 11.3 Å². The van der Waals surface area contributed by atoms with Crippen LogP contribution in [0.5, 0.6) is 0 Å². The van der Waals surface area contributed by atoms with E-state index < -0.39 is 80.2 Å². The fourth-order valence-electron chi connectivity index (χ4n) is 3.42. The van der Waals surface area contributed by atoms with E-state index in [9.17, 15) is 33.2 Å². The molecule has 0 amide bonds. The van der Waals surface area contributed by atoms with Gasteiger partial charge in [0.2, 0.25) is 0 Å². The lowest BCUT2D eigenvalue weighted by atomic mass is 10.00. The molecule has 39 heavy (non-hydrogen) atoms. The number of ether oxygens (including phenoxy) is 2. The fraction of sp³-hybridized carbons (Fsp3) is 0.739. The van der Waals surface area contributed by atoms with Crippen LogP contribution in [0.25, 0.3) is 0 Å². The summed E-state index contributed by atoms with van der Waals surface area (Å²) in [5, 5.41) is 13.0. The van der Waals surface area contributed by atoms with Crippen LogP contribution >= 0.6 is 19.5 Å². The number of aliphatic hydroxyl groups excluding tert-OH is 1. The van der Waals surface area contributed by atoms with Gasteiger partial charge in [-0.15, -0.1) is 0 Å². The number of rotatable bonds is 13. The zero-order valence-electron chi connectivity index (χ0n) is 22.7. The van der Waals surface area contributed by atoms with Crippen molar-refractivity contribution in [1.29, 1.82) is 0 Å². The van der Waals surface area contributed by atoms with Gasteiger partial charge in [-0.3, -0.25) is 37.4 Å². The quantitative estimate of drug-likeness (QED) is 0.171. The number of halogens is 1. The van der Waals surface area contributed by atoms with Crippen molar-refractivity contribution in [3.8, 4) is 0 Å². The highest BCUT2D eigenvalue weighted by Crippen LogP contribution is 2.46. The lowest BCUT2D eigenvalue weighted by molar-refractivity contribution is -0.149. The third-order valence-corrected chi connectivity index (χ3v) is 8.44. The topological polar surface area (TPSA) is 175 Å². The third kappa shape index (κ3) is 9.62. The Kier molecular flexibility index (Phi) is 12.1. The molecule has 1 unspecified atom stereocenters. The second-order valence-corrected chi connectivity index (χ2v) is 13.1. The van der Waals surface area contributed by atoms with Crippen LogP contribution in [0, 0.1) is 11.3 Å². The number of nitrogens with zero attached hydrogens (tertiary/aromatic N) is 1. The summed E-state index contributed by atoms with van der Waals surface area (Å²) in [6, 6.07) is -0.0841. The lowest BCUT2D eigenvalue weighted by Crippen LogP contribution is -2.37. The van der Waals surface area contributed by atoms with Crippen molar-refractivity contribution in [1.82, 2.24) is 14.6 Å². The normalized spacial score (nSPS) is 23.9. The fourth-order valence-corrected chi connectivity index (χ4v) is 5.81. The van der Waals surface area contributed by atoms with Crippen LogP contribution in [0.15, 0.2) is 21.9 Å². The number of carbonyl (C=O) groups is 2. The van der Waals surface area contributed by atoms with Crippen molar-refractivity contribution in [3.05, 3.63) is 33.1 Å². The van der Waals surface area contributed by atoms with E-state index in [1.54, 1.807) is 34.6 Å². The van der Waals surface area contributed by atoms with Crippen LogP contribution in [0.2, 0.25) is 0 Å². The minimum atomic E-state index is -4.27. The van der Waals surface area contributed by atoms with E-state index in [1.807, 2.05) is 4.98 Å². The number of aromatic nitrogens is 2. The molecule has 1 saturated heterocycles. The Morgan fingerprint density at radius 1 is 1.28 bits per heavy atom. The van der Waals surface area contributed by atoms with E-state index in [0.29, 0.717) is 0 Å². The molecule has 1 aromatic rings. The Hall–Kier alpha value is -1.87. The molecule has 13 nitrogen and oxygen atoms in total. The summed E-state index contributed by atoms with van der Waals surface area (Å²) in [5.74, 6) is -1.76. The number of hydrogen-bond donors (Lipinski definition) is 3. The van der Waals surface area contributed by atoms with Crippen molar-refractivity contribution < 1.29 is 42.2 Å². The van der Waals surface area contributed by atoms with Gasteiger partial charge < -0.3 is 14.6 Å². The highest BCUT2D eigenvalue weighted by atomic mass is 32.2. The van der Waals surface area contributed by atoms with Gasteiger partial charge in [0.25, 0.3) is 5.56 Å². The summed E-state index contributed by atoms with van der Waals surface area (Å²) in [7, 11) is -4.27. The van der Waals surface area contributed by atoms with Gasteiger partial charge in [0.15, 0.2) is 11.3 Å². The summed E-state index contributed by atoms with van der Waals surface area (Å²) in [4.78, 5) is 50.0. The van der Waals surface area contributed by atoms with Crippen LogP contribution in [-0.4, -0.2) is 75.7 Å². The first-order chi connectivity index (χ1) is 18.1. The highest BCUT2D eigenvalue weighted by molar-refractivity contribution is 8.13. The largest absolute Gasteiger partial charge is 0.462 e. The molecule has 16 heteroatoms. The monoisotopic (exact) mass is 597 g/mol. The van der Waals surface area contributed by atoms with E-state index in [-0.39, 0.29) is 17.5 Å². The molecule has 1 fully saturated rings. The van der Waals surface area contributed by atoms with Gasteiger partial charge in [0, 0.05) is 29.3 Å². The molecule has 222 valence electrons.